The first-order valence-electron chi connectivity index (χ1n) is 6.03. The maximum Gasteiger partial charge on any atom is 0.0449 e. The largest absolute Gasteiger partial charge is 0.330 e. The Bertz CT molecular complexity index is 278. The van der Waals surface area contributed by atoms with Crippen molar-refractivity contribution in [3.8, 4) is 0 Å². The number of nitrogens with zero attached hydrogens (tertiary/aromatic N) is 1. The second kappa shape index (κ2) is 5.26. The van der Waals surface area contributed by atoms with Gasteiger partial charge in [0.15, 0.2) is 0 Å². The van der Waals surface area contributed by atoms with Gasteiger partial charge in [-0.1, -0.05) is 25.3 Å². The lowest BCUT2D eigenvalue weighted by Crippen LogP contribution is -2.24. The van der Waals surface area contributed by atoms with Gasteiger partial charge in [0.1, 0.15) is 0 Å². The van der Waals surface area contributed by atoms with Gasteiger partial charge in [-0.25, -0.2) is 0 Å². The third kappa shape index (κ3) is 2.57. The number of hydrogen-bond donors (Lipinski definition) is 1. The fourth-order valence-electron chi connectivity index (χ4n) is 2.69. The molecule has 82 valence electrons. The number of nitrogens with two attached hydrogens (primary N) is 1. The van der Waals surface area contributed by atoms with Gasteiger partial charge in [0.2, 0.25) is 0 Å². The zero-order valence-electron chi connectivity index (χ0n) is 9.23. The van der Waals surface area contributed by atoms with Gasteiger partial charge in [-0.15, -0.1) is 0 Å². The van der Waals surface area contributed by atoms with Crippen molar-refractivity contribution in [1.29, 1.82) is 0 Å². The van der Waals surface area contributed by atoms with Gasteiger partial charge in [-0.3, -0.25) is 4.98 Å². The third-order valence-electron chi connectivity index (χ3n) is 3.54. The predicted octanol–water partition coefficient (Wildman–Crippen LogP) is 2.70. The van der Waals surface area contributed by atoms with Crippen molar-refractivity contribution in [2.75, 3.05) is 6.54 Å². The van der Waals surface area contributed by atoms with Gasteiger partial charge in [0, 0.05) is 24.4 Å². The van der Waals surface area contributed by atoms with Crippen LogP contribution in [0.1, 0.15) is 43.7 Å². The standard InChI is InChI=1S/C13H20N2/c14-10-12(11-6-2-1-3-7-11)13-8-4-5-9-15-13/h4-5,8-9,11-12H,1-3,6-7,10,14H2. The fraction of sp³-hybridized carbons (Fsp3) is 0.615. The molecule has 0 saturated heterocycles. The summed E-state index contributed by atoms with van der Waals surface area (Å²) in [7, 11) is 0. The molecule has 1 aromatic heterocycles. The number of aromatic nitrogens is 1. The number of hydrogen-bond acceptors (Lipinski definition) is 2. The molecule has 15 heavy (non-hydrogen) atoms. The van der Waals surface area contributed by atoms with Gasteiger partial charge < -0.3 is 5.73 Å². The minimum absolute atomic E-state index is 0.478. The first-order chi connectivity index (χ1) is 7.42. The molecule has 1 unspecified atom stereocenters. The van der Waals surface area contributed by atoms with Crippen LogP contribution in [0.2, 0.25) is 0 Å². The molecule has 0 bridgehead atoms. The summed E-state index contributed by atoms with van der Waals surface area (Å²) in [5, 5.41) is 0. The van der Waals surface area contributed by atoms with Crippen LogP contribution in [0.4, 0.5) is 0 Å². The molecule has 2 nitrogen and oxygen atoms in total. The highest BCUT2D eigenvalue weighted by Crippen LogP contribution is 2.34. The minimum atomic E-state index is 0.478. The van der Waals surface area contributed by atoms with Crippen molar-refractivity contribution in [1.82, 2.24) is 4.98 Å². The maximum absolute atomic E-state index is 5.90. The Morgan fingerprint density at radius 3 is 2.67 bits per heavy atom. The maximum atomic E-state index is 5.90. The van der Waals surface area contributed by atoms with Crippen LogP contribution in [-0.2, 0) is 0 Å². The highest BCUT2D eigenvalue weighted by molar-refractivity contribution is 5.11. The molecule has 0 spiro atoms. The highest BCUT2D eigenvalue weighted by Gasteiger charge is 2.24. The van der Waals surface area contributed by atoms with Crippen molar-refractivity contribution in [2.24, 2.45) is 11.7 Å². The molecule has 0 radical (unpaired) electrons. The van der Waals surface area contributed by atoms with Gasteiger partial charge in [0.05, 0.1) is 0 Å². The van der Waals surface area contributed by atoms with Crippen LogP contribution in [-0.4, -0.2) is 11.5 Å². The average Bonchev–Trinajstić information content (AvgIpc) is 2.33. The van der Waals surface area contributed by atoms with E-state index in [2.05, 4.69) is 17.1 Å². The van der Waals surface area contributed by atoms with E-state index < -0.39 is 0 Å². The Labute approximate surface area is 91.9 Å². The lowest BCUT2D eigenvalue weighted by Gasteiger charge is -2.28. The highest BCUT2D eigenvalue weighted by atomic mass is 14.7. The minimum Gasteiger partial charge on any atom is -0.330 e. The molecular formula is C13H20N2. The van der Waals surface area contributed by atoms with Crippen molar-refractivity contribution in [3.05, 3.63) is 30.1 Å². The van der Waals surface area contributed by atoms with Crippen molar-refractivity contribution < 1.29 is 0 Å². The summed E-state index contributed by atoms with van der Waals surface area (Å²) in [5.74, 6) is 1.24. The Morgan fingerprint density at radius 1 is 1.27 bits per heavy atom. The molecule has 1 aliphatic carbocycles. The third-order valence-corrected chi connectivity index (χ3v) is 3.54. The molecule has 0 aromatic carbocycles. The normalized spacial score (nSPS) is 20.1. The van der Waals surface area contributed by atoms with E-state index in [-0.39, 0.29) is 0 Å². The Balaban J connectivity index is 2.09. The van der Waals surface area contributed by atoms with E-state index in [0.29, 0.717) is 5.92 Å². The summed E-state index contributed by atoms with van der Waals surface area (Å²) in [6.45, 7) is 0.738. The molecule has 0 amide bonds. The first kappa shape index (κ1) is 10.6. The quantitative estimate of drug-likeness (QED) is 0.822. The SMILES string of the molecule is NCC(c1ccccn1)C1CCCCC1. The van der Waals surface area contributed by atoms with E-state index in [4.69, 9.17) is 5.73 Å². The number of rotatable bonds is 3. The van der Waals surface area contributed by atoms with Crippen LogP contribution in [0.15, 0.2) is 24.4 Å². The van der Waals surface area contributed by atoms with Gasteiger partial charge >= 0.3 is 0 Å². The Kier molecular flexibility index (Phi) is 3.73. The fourth-order valence-corrected chi connectivity index (χ4v) is 2.69. The molecule has 2 rings (SSSR count). The van der Waals surface area contributed by atoms with Gasteiger partial charge in [-0.2, -0.15) is 0 Å². The van der Waals surface area contributed by atoms with Crippen LogP contribution in [0.25, 0.3) is 0 Å². The van der Waals surface area contributed by atoms with E-state index in [1.807, 2.05) is 12.3 Å². The molecule has 1 fully saturated rings. The van der Waals surface area contributed by atoms with E-state index in [9.17, 15) is 0 Å². The molecule has 1 atom stereocenters. The first-order valence-corrected chi connectivity index (χ1v) is 6.03. The Morgan fingerprint density at radius 2 is 2.07 bits per heavy atom. The average molecular weight is 204 g/mol. The lowest BCUT2D eigenvalue weighted by atomic mass is 9.78. The van der Waals surface area contributed by atoms with Crippen molar-refractivity contribution in [3.63, 3.8) is 0 Å². The van der Waals surface area contributed by atoms with Crippen LogP contribution < -0.4 is 5.73 Å². The van der Waals surface area contributed by atoms with Crippen LogP contribution in [0.5, 0.6) is 0 Å². The van der Waals surface area contributed by atoms with Crippen LogP contribution in [0.3, 0.4) is 0 Å². The molecule has 1 saturated carbocycles. The summed E-state index contributed by atoms with van der Waals surface area (Å²) >= 11 is 0. The van der Waals surface area contributed by atoms with Gasteiger partial charge in [-0.05, 0) is 30.9 Å². The molecule has 1 aromatic rings. The van der Waals surface area contributed by atoms with Crippen LogP contribution in [0, 0.1) is 5.92 Å². The molecule has 1 aliphatic rings. The molecule has 2 heteroatoms. The van der Waals surface area contributed by atoms with E-state index in [1.54, 1.807) is 0 Å². The van der Waals surface area contributed by atoms with Gasteiger partial charge in [0.25, 0.3) is 0 Å². The molecular weight excluding hydrogens is 184 g/mol. The summed E-state index contributed by atoms with van der Waals surface area (Å²) in [4.78, 5) is 4.45. The molecule has 0 aliphatic heterocycles. The second-order valence-electron chi connectivity index (χ2n) is 4.49. The van der Waals surface area contributed by atoms with E-state index in [1.165, 1.54) is 37.8 Å². The van der Waals surface area contributed by atoms with E-state index >= 15 is 0 Å². The zero-order valence-corrected chi connectivity index (χ0v) is 9.23. The Hall–Kier alpha value is -0.890. The smallest absolute Gasteiger partial charge is 0.0449 e. The van der Waals surface area contributed by atoms with Crippen molar-refractivity contribution >= 4 is 0 Å². The number of pyridine rings is 1. The predicted molar refractivity (Wildman–Crippen MR) is 62.6 cm³/mol. The topological polar surface area (TPSA) is 38.9 Å². The van der Waals surface area contributed by atoms with Crippen molar-refractivity contribution in [2.45, 2.75) is 38.0 Å². The van der Waals surface area contributed by atoms with Crippen LogP contribution >= 0.6 is 0 Å². The summed E-state index contributed by atoms with van der Waals surface area (Å²) < 4.78 is 0. The van der Waals surface area contributed by atoms with E-state index in [0.717, 1.165) is 12.5 Å². The summed E-state index contributed by atoms with van der Waals surface area (Å²) in [6.07, 6.45) is 8.68. The summed E-state index contributed by atoms with van der Waals surface area (Å²) in [5.41, 5.74) is 7.08. The lowest BCUT2D eigenvalue weighted by molar-refractivity contribution is 0.304. The molecule has 1 heterocycles. The second-order valence-corrected chi connectivity index (χ2v) is 4.49. The summed E-state index contributed by atoms with van der Waals surface area (Å²) in [6, 6.07) is 6.15. The zero-order chi connectivity index (χ0) is 10.5. The molecule has 2 N–H and O–H groups in total. The monoisotopic (exact) mass is 204 g/mol.